The average molecular weight is 443 g/mol. The van der Waals surface area contributed by atoms with E-state index in [4.69, 9.17) is 22.1 Å². The molecule has 0 aliphatic heterocycles. The third kappa shape index (κ3) is 4.41. The van der Waals surface area contributed by atoms with Crippen molar-refractivity contribution in [3.05, 3.63) is 53.4 Å². The lowest BCUT2D eigenvalue weighted by atomic mass is 9.80. The Hall–Kier alpha value is -1.86. The maximum atomic E-state index is 6.21. The number of ether oxygens (including phenoxy) is 1. The predicted octanol–water partition coefficient (Wildman–Crippen LogP) is 4.43. The summed E-state index contributed by atoms with van der Waals surface area (Å²) in [6.07, 6.45) is 3.53. The van der Waals surface area contributed by atoms with Crippen LogP contribution in [0.4, 0.5) is 0 Å². The van der Waals surface area contributed by atoms with Gasteiger partial charge in [-0.05, 0) is 50.1 Å². The number of pyridine rings is 1. The van der Waals surface area contributed by atoms with Crippen molar-refractivity contribution in [3.63, 3.8) is 0 Å². The molecule has 150 valence electrons. The van der Waals surface area contributed by atoms with E-state index < -0.39 is 0 Å². The fourth-order valence-electron chi connectivity index (χ4n) is 3.23. The van der Waals surface area contributed by atoms with Crippen LogP contribution in [-0.4, -0.2) is 32.4 Å². The number of nitrogens with zero attached hydrogens (tertiary/aromatic N) is 4. The molecule has 2 heterocycles. The zero-order valence-electron chi connectivity index (χ0n) is 15.3. The molecule has 0 atom stereocenters. The second-order valence-electron chi connectivity index (χ2n) is 6.44. The summed E-state index contributed by atoms with van der Waals surface area (Å²) in [6.45, 7) is 2.55. The molecule has 28 heavy (non-hydrogen) atoms. The van der Waals surface area contributed by atoms with Crippen molar-refractivity contribution in [1.82, 2.24) is 19.7 Å². The van der Waals surface area contributed by atoms with Gasteiger partial charge >= 0.3 is 0 Å². The van der Waals surface area contributed by atoms with Crippen molar-refractivity contribution in [2.24, 2.45) is 5.73 Å². The normalized spacial score (nSPS) is 17.8. The lowest BCUT2D eigenvalue weighted by Gasteiger charge is -2.31. The van der Waals surface area contributed by atoms with Crippen molar-refractivity contribution < 1.29 is 4.74 Å². The standard InChI is InChI=1S/C19H20ClN5O.2ClH/c1-2-26-16-6-7-17(22-11-16)19-24-23-18(12-8-14(21)9-12)25(19)15-5-3-4-13(20)10-15;;/h3-7,10-12,14H,2,8-9,21H2,1H3;2*1H. The van der Waals surface area contributed by atoms with Crippen molar-refractivity contribution >= 4 is 36.4 Å². The molecule has 2 N–H and O–H groups in total. The number of aromatic nitrogens is 4. The van der Waals surface area contributed by atoms with Crippen LogP contribution in [0.15, 0.2) is 42.6 Å². The van der Waals surface area contributed by atoms with Gasteiger partial charge < -0.3 is 10.5 Å². The van der Waals surface area contributed by atoms with Crippen molar-refractivity contribution in [3.8, 4) is 23.0 Å². The molecule has 1 aliphatic rings. The Morgan fingerprint density at radius 2 is 1.96 bits per heavy atom. The van der Waals surface area contributed by atoms with Crippen molar-refractivity contribution in [1.29, 1.82) is 0 Å². The van der Waals surface area contributed by atoms with Crippen LogP contribution in [0, 0.1) is 0 Å². The van der Waals surface area contributed by atoms with Crippen LogP contribution in [0.3, 0.4) is 0 Å². The number of hydrogen-bond donors (Lipinski definition) is 1. The summed E-state index contributed by atoms with van der Waals surface area (Å²) in [5.41, 5.74) is 7.63. The largest absolute Gasteiger partial charge is 0.492 e. The highest BCUT2D eigenvalue weighted by Gasteiger charge is 2.33. The van der Waals surface area contributed by atoms with Gasteiger partial charge in [0.15, 0.2) is 5.82 Å². The molecule has 9 heteroatoms. The number of nitrogens with two attached hydrogens (primary N) is 1. The van der Waals surface area contributed by atoms with E-state index in [-0.39, 0.29) is 30.9 Å². The Morgan fingerprint density at radius 3 is 2.57 bits per heavy atom. The molecule has 0 bridgehead atoms. The lowest BCUT2D eigenvalue weighted by Crippen LogP contribution is -2.36. The minimum absolute atomic E-state index is 0. The van der Waals surface area contributed by atoms with E-state index in [0.717, 1.165) is 35.8 Å². The number of rotatable bonds is 5. The molecule has 0 spiro atoms. The van der Waals surface area contributed by atoms with Gasteiger partial charge in [0.1, 0.15) is 17.3 Å². The number of hydrogen-bond acceptors (Lipinski definition) is 5. The van der Waals surface area contributed by atoms with Gasteiger partial charge in [0.25, 0.3) is 0 Å². The summed E-state index contributed by atoms with van der Waals surface area (Å²) in [6, 6.07) is 11.7. The monoisotopic (exact) mass is 441 g/mol. The highest BCUT2D eigenvalue weighted by Crippen LogP contribution is 2.37. The Morgan fingerprint density at radius 1 is 1.18 bits per heavy atom. The van der Waals surface area contributed by atoms with E-state index in [1.54, 1.807) is 6.20 Å². The van der Waals surface area contributed by atoms with Gasteiger partial charge in [0.05, 0.1) is 18.5 Å². The minimum atomic E-state index is 0. The second kappa shape index (κ2) is 9.56. The zero-order chi connectivity index (χ0) is 18.1. The third-order valence-corrected chi connectivity index (χ3v) is 4.81. The van der Waals surface area contributed by atoms with Gasteiger partial charge in [-0.15, -0.1) is 35.0 Å². The quantitative estimate of drug-likeness (QED) is 0.632. The van der Waals surface area contributed by atoms with Gasteiger partial charge in [-0.3, -0.25) is 4.57 Å². The fraction of sp³-hybridized carbons (Fsp3) is 0.316. The highest BCUT2D eigenvalue weighted by atomic mass is 35.5. The van der Waals surface area contributed by atoms with E-state index in [9.17, 15) is 0 Å². The van der Waals surface area contributed by atoms with Gasteiger partial charge in [-0.2, -0.15) is 0 Å². The van der Waals surface area contributed by atoms with Gasteiger partial charge in [-0.25, -0.2) is 4.98 Å². The molecule has 4 rings (SSSR count). The van der Waals surface area contributed by atoms with Crippen LogP contribution in [0.2, 0.25) is 5.02 Å². The molecule has 1 aromatic carbocycles. The number of halogens is 3. The summed E-state index contributed by atoms with van der Waals surface area (Å²) < 4.78 is 7.51. The van der Waals surface area contributed by atoms with Crippen LogP contribution in [0.1, 0.15) is 31.5 Å². The van der Waals surface area contributed by atoms with Gasteiger partial charge in [0.2, 0.25) is 0 Å². The van der Waals surface area contributed by atoms with E-state index in [2.05, 4.69) is 15.2 Å². The zero-order valence-corrected chi connectivity index (χ0v) is 17.7. The Labute approximate surface area is 181 Å². The first-order valence-electron chi connectivity index (χ1n) is 8.71. The van der Waals surface area contributed by atoms with Crippen LogP contribution in [0.25, 0.3) is 17.2 Å². The highest BCUT2D eigenvalue weighted by molar-refractivity contribution is 6.30. The van der Waals surface area contributed by atoms with Gasteiger partial charge in [-0.1, -0.05) is 17.7 Å². The number of benzene rings is 1. The van der Waals surface area contributed by atoms with E-state index in [1.165, 1.54) is 0 Å². The molecule has 1 fully saturated rings. The second-order valence-corrected chi connectivity index (χ2v) is 6.87. The summed E-state index contributed by atoms with van der Waals surface area (Å²) in [4.78, 5) is 4.50. The first-order valence-corrected chi connectivity index (χ1v) is 9.09. The smallest absolute Gasteiger partial charge is 0.187 e. The summed E-state index contributed by atoms with van der Waals surface area (Å²) in [7, 11) is 0. The van der Waals surface area contributed by atoms with E-state index in [0.29, 0.717) is 23.4 Å². The lowest BCUT2D eigenvalue weighted by molar-refractivity contribution is 0.335. The minimum Gasteiger partial charge on any atom is -0.492 e. The molecule has 6 nitrogen and oxygen atoms in total. The topological polar surface area (TPSA) is 78.9 Å². The molecular formula is C19H22Cl3N5O. The predicted molar refractivity (Wildman–Crippen MR) is 115 cm³/mol. The third-order valence-electron chi connectivity index (χ3n) is 4.57. The molecule has 2 aromatic heterocycles. The molecule has 0 saturated heterocycles. The molecule has 0 radical (unpaired) electrons. The maximum Gasteiger partial charge on any atom is 0.187 e. The maximum absolute atomic E-state index is 6.21. The Kier molecular flexibility index (Phi) is 7.66. The van der Waals surface area contributed by atoms with E-state index in [1.807, 2.05) is 47.9 Å². The van der Waals surface area contributed by atoms with Crippen LogP contribution in [-0.2, 0) is 0 Å². The SMILES string of the molecule is CCOc1ccc(-c2nnc(C3CC(N)C3)n2-c2cccc(Cl)c2)nc1.Cl.Cl. The first-order chi connectivity index (χ1) is 12.7. The Balaban J connectivity index is 0.00000140. The first kappa shape index (κ1) is 22.4. The summed E-state index contributed by atoms with van der Waals surface area (Å²) in [5.74, 6) is 2.62. The van der Waals surface area contributed by atoms with E-state index >= 15 is 0 Å². The molecule has 0 unspecified atom stereocenters. The fourth-order valence-corrected chi connectivity index (χ4v) is 3.42. The average Bonchev–Trinajstić information content (AvgIpc) is 3.04. The van der Waals surface area contributed by atoms with Crippen LogP contribution in [0.5, 0.6) is 5.75 Å². The van der Waals surface area contributed by atoms with Crippen LogP contribution < -0.4 is 10.5 Å². The summed E-state index contributed by atoms with van der Waals surface area (Å²) in [5, 5.41) is 9.54. The van der Waals surface area contributed by atoms with Crippen LogP contribution >= 0.6 is 36.4 Å². The molecule has 1 aliphatic carbocycles. The van der Waals surface area contributed by atoms with Gasteiger partial charge in [0, 0.05) is 17.0 Å². The summed E-state index contributed by atoms with van der Waals surface area (Å²) >= 11 is 6.21. The van der Waals surface area contributed by atoms with Crippen molar-refractivity contribution in [2.75, 3.05) is 6.61 Å². The molecule has 3 aromatic rings. The molecule has 1 saturated carbocycles. The van der Waals surface area contributed by atoms with Crippen molar-refractivity contribution in [2.45, 2.75) is 31.7 Å². The Bertz CT molecular complexity index is 910. The molecular weight excluding hydrogens is 421 g/mol. The molecule has 0 amide bonds.